The van der Waals surface area contributed by atoms with Gasteiger partial charge in [0.1, 0.15) is 5.92 Å². The predicted octanol–water partition coefficient (Wildman–Crippen LogP) is 1.96. The highest BCUT2D eigenvalue weighted by Crippen LogP contribution is 2.25. The Kier molecular flexibility index (Phi) is 3.64. The van der Waals surface area contributed by atoms with Crippen molar-refractivity contribution in [2.75, 3.05) is 0 Å². The van der Waals surface area contributed by atoms with E-state index < -0.39 is 17.3 Å². The summed E-state index contributed by atoms with van der Waals surface area (Å²) >= 11 is 0. The number of ketones is 1. The molecular formula is C10H18O3. The molecule has 0 saturated heterocycles. The topological polar surface area (TPSA) is 54.4 Å². The van der Waals surface area contributed by atoms with Crippen LogP contribution in [0.3, 0.4) is 0 Å². The van der Waals surface area contributed by atoms with Gasteiger partial charge in [0.05, 0.1) is 0 Å². The molecule has 0 aliphatic carbocycles. The molecule has 0 fully saturated rings. The molecule has 3 nitrogen and oxygen atoms in total. The molecule has 1 atom stereocenters. The second kappa shape index (κ2) is 3.90. The SMILES string of the molecule is CC(C)C(C(=O)O)C(=O)C(C)(C)C. The fourth-order valence-corrected chi connectivity index (χ4v) is 1.17. The highest BCUT2D eigenvalue weighted by atomic mass is 16.4. The molecule has 0 radical (unpaired) electrons. The Morgan fingerprint density at radius 1 is 1.15 bits per heavy atom. The van der Waals surface area contributed by atoms with E-state index in [-0.39, 0.29) is 11.7 Å². The van der Waals surface area contributed by atoms with Gasteiger partial charge in [-0.05, 0) is 5.92 Å². The van der Waals surface area contributed by atoms with Gasteiger partial charge in [0.15, 0.2) is 5.78 Å². The van der Waals surface area contributed by atoms with Crippen molar-refractivity contribution in [2.45, 2.75) is 34.6 Å². The average molecular weight is 186 g/mol. The Labute approximate surface area is 79.1 Å². The molecule has 0 rings (SSSR count). The molecule has 0 aromatic rings. The second-order valence-corrected chi connectivity index (χ2v) is 4.67. The van der Waals surface area contributed by atoms with Crippen molar-refractivity contribution in [1.82, 2.24) is 0 Å². The van der Waals surface area contributed by atoms with Gasteiger partial charge in [-0.15, -0.1) is 0 Å². The van der Waals surface area contributed by atoms with E-state index in [2.05, 4.69) is 0 Å². The van der Waals surface area contributed by atoms with Crippen molar-refractivity contribution in [3.8, 4) is 0 Å². The Morgan fingerprint density at radius 3 is 1.62 bits per heavy atom. The van der Waals surface area contributed by atoms with E-state index in [4.69, 9.17) is 5.11 Å². The number of Topliss-reactive ketones (excluding diaryl/α,β-unsaturated/α-hetero) is 1. The maximum atomic E-state index is 11.7. The zero-order valence-corrected chi connectivity index (χ0v) is 8.92. The van der Waals surface area contributed by atoms with Gasteiger partial charge in [0.25, 0.3) is 0 Å². The van der Waals surface area contributed by atoms with Crippen LogP contribution in [0, 0.1) is 17.3 Å². The molecular weight excluding hydrogens is 168 g/mol. The van der Waals surface area contributed by atoms with E-state index in [1.807, 2.05) is 0 Å². The van der Waals surface area contributed by atoms with Crippen LogP contribution in [0.5, 0.6) is 0 Å². The summed E-state index contributed by atoms with van der Waals surface area (Å²) in [6.45, 7) is 8.74. The predicted molar refractivity (Wildman–Crippen MR) is 50.4 cm³/mol. The summed E-state index contributed by atoms with van der Waals surface area (Å²) in [6, 6.07) is 0. The van der Waals surface area contributed by atoms with Crippen molar-refractivity contribution in [2.24, 2.45) is 17.3 Å². The summed E-state index contributed by atoms with van der Waals surface area (Å²) in [7, 11) is 0. The molecule has 0 amide bonds. The lowest BCUT2D eigenvalue weighted by Crippen LogP contribution is -2.36. The lowest BCUT2D eigenvalue weighted by Gasteiger charge is -2.24. The molecule has 13 heavy (non-hydrogen) atoms. The van der Waals surface area contributed by atoms with Crippen LogP contribution in [0.2, 0.25) is 0 Å². The molecule has 0 aliphatic heterocycles. The summed E-state index contributed by atoms with van der Waals surface area (Å²) < 4.78 is 0. The number of carbonyl (C=O) groups is 2. The number of hydrogen-bond donors (Lipinski definition) is 1. The quantitative estimate of drug-likeness (QED) is 0.685. The van der Waals surface area contributed by atoms with Gasteiger partial charge in [-0.25, -0.2) is 0 Å². The van der Waals surface area contributed by atoms with Crippen LogP contribution in [-0.2, 0) is 9.59 Å². The summed E-state index contributed by atoms with van der Waals surface area (Å²) in [4.78, 5) is 22.5. The first kappa shape index (κ1) is 12.1. The van der Waals surface area contributed by atoms with Crippen molar-refractivity contribution < 1.29 is 14.7 Å². The van der Waals surface area contributed by atoms with Crippen molar-refractivity contribution in [1.29, 1.82) is 0 Å². The molecule has 0 saturated carbocycles. The molecule has 0 aliphatic rings. The lowest BCUT2D eigenvalue weighted by atomic mass is 9.78. The van der Waals surface area contributed by atoms with Gasteiger partial charge in [0, 0.05) is 5.41 Å². The fraction of sp³-hybridized carbons (Fsp3) is 0.800. The van der Waals surface area contributed by atoms with Crippen LogP contribution in [0.1, 0.15) is 34.6 Å². The first-order valence-corrected chi connectivity index (χ1v) is 4.45. The molecule has 0 aromatic carbocycles. The van der Waals surface area contributed by atoms with Gasteiger partial charge >= 0.3 is 5.97 Å². The second-order valence-electron chi connectivity index (χ2n) is 4.67. The summed E-state index contributed by atoms with van der Waals surface area (Å²) in [5, 5.41) is 8.86. The van der Waals surface area contributed by atoms with E-state index in [1.54, 1.807) is 34.6 Å². The monoisotopic (exact) mass is 186 g/mol. The number of carboxylic acids is 1. The molecule has 1 unspecified atom stereocenters. The minimum atomic E-state index is -1.02. The first-order chi connectivity index (χ1) is 5.68. The van der Waals surface area contributed by atoms with Gasteiger partial charge in [-0.3, -0.25) is 9.59 Å². The molecule has 1 N–H and O–H groups in total. The molecule has 76 valence electrons. The number of carbonyl (C=O) groups excluding carboxylic acids is 1. The number of rotatable bonds is 3. The number of aliphatic carboxylic acids is 1. The van der Waals surface area contributed by atoms with Crippen molar-refractivity contribution in [3.63, 3.8) is 0 Å². The maximum Gasteiger partial charge on any atom is 0.314 e. The van der Waals surface area contributed by atoms with Gasteiger partial charge in [-0.2, -0.15) is 0 Å². The number of hydrogen-bond acceptors (Lipinski definition) is 2. The zero-order chi connectivity index (χ0) is 10.8. The van der Waals surface area contributed by atoms with Crippen LogP contribution in [0.15, 0.2) is 0 Å². The standard InChI is InChI=1S/C10H18O3/c1-6(2)7(9(12)13)8(11)10(3,4)5/h6-7H,1-5H3,(H,12,13). The largest absolute Gasteiger partial charge is 0.481 e. The van der Waals surface area contributed by atoms with Crippen molar-refractivity contribution in [3.05, 3.63) is 0 Å². The van der Waals surface area contributed by atoms with E-state index in [0.717, 1.165) is 0 Å². The van der Waals surface area contributed by atoms with Gasteiger partial charge < -0.3 is 5.11 Å². The van der Waals surface area contributed by atoms with Crippen LogP contribution >= 0.6 is 0 Å². The van der Waals surface area contributed by atoms with E-state index in [0.29, 0.717) is 0 Å². The Balaban J connectivity index is 4.78. The van der Waals surface area contributed by atoms with Crippen LogP contribution < -0.4 is 0 Å². The van der Waals surface area contributed by atoms with E-state index in [9.17, 15) is 9.59 Å². The van der Waals surface area contributed by atoms with Crippen molar-refractivity contribution >= 4 is 11.8 Å². The first-order valence-electron chi connectivity index (χ1n) is 4.45. The summed E-state index contributed by atoms with van der Waals surface area (Å²) in [5.41, 5.74) is -0.576. The molecule has 3 heteroatoms. The third-order valence-electron chi connectivity index (χ3n) is 1.95. The van der Waals surface area contributed by atoms with Crippen LogP contribution in [-0.4, -0.2) is 16.9 Å². The van der Waals surface area contributed by atoms with Gasteiger partial charge in [-0.1, -0.05) is 34.6 Å². The molecule has 0 aromatic heterocycles. The molecule has 0 heterocycles. The van der Waals surface area contributed by atoms with Crippen LogP contribution in [0.25, 0.3) is 0 Å². The Hall–Kier alpha value is -0.860. The number of carboxylic acid groups (broad SMARTS) is 1. The third-order valence-corrected chi connectivity index (χ3v) is 1.95. The highest BCUT2D eigenvalue weighted by molar-refractivity contribution is 6.01. The normalized spacial score (nSPS) is 14.3. The minimum absolute atomic E-state index is 0.149. The zero-order valence-electron chi connectivity index (χ0n) is 8.92. The smallest absolute Gasteiger partial charge is 0.314 e. The average Bonchev–Trinajstić information content (AvgIpc) is 1.82. The highest BCUT2D eigenvalue weighted by Gasteiger charge is 2.36. The van der Waals surface area contributed by atoms with E-state index in [1.165, 1.54) is 0 Å². The molecule has 0 bridgehead atoms. The Bertz CT molecular complexity index is 211. The van der Waals surface area contributed by atoms with Gasteiger partial charge in [0.2, 0.25) is 0 Å². The third kappa shape index (κ3) is 3.17. The summed E-state index contributed by atoms with van der Waals surface area (Å²) in [5.74, 6) is -2.24. The fourth-order valence-electron chi connectivity index (χ4n) is 1.17. The van der Waals surface area contributed by atoms with E-state index >= 15 is 0 Å². The molecule has 0 spiro atoms. The lowest BCUT2D eigenvalue weighted by molar-refractivity contribution is -0.151. The Morgan fingerprint density at radius 2 is 1.54 bits per heavy atom. The van der Waals surface area contributed by atoms with Crippen LogP contribution in [0.4, 0.5) is 0 Å². The summed E-state index contributed by atoms with van der Waals surface area (Å²) in [6.07, 6.45) is 0. The minimum Gasteiger partial charge on any atom is -0.481 e. The maximum absolute atomic E-state index is 11.7.